The lowest BCUT2D eigenvalue weighted by molar-refractivity contribution is -0.116. The van der Waals surface area contributed by atoms with Crippen molar-refractivity contribution in [3.63, 3.8) is 0 Å². The summed E-state index contributed by atoms with van der Waals surface area (Å²) in [6, 6.07) is 14.5. The van der Waals surface area contributed by atoms with Gasteiger partial charge in [-0.25, -0.2) is 0 Å². The van der Waals surface area contributed by atoms with E-state index in [4.69, 9.17) is 16.4 Å². The molecule has 0 bridgehead atoms. The third kappa shape index (κ3) is 3.23. The second-order valence-electron chi connectivity index (χ2n) is 4.68. The molecule has 0 unspecified atom stereocenters. The van der Waals surface area contributed by atoms with Gasteiger partial charge in [0, 0.05) is 29.1 Å². The molecule has 106 valence electrons. The number of oxime groups is 1. The number of amides is 1. The van der Waals surface area contributed by atoms with Gasteiger partial charge < -0.3 is 10.2 Å². The van der Waals surface area contributed by atoms with Crippen molar-refractivity contribution in [3.8, 4) is 5.75 Å². The van der Waals surface area contributed by atoms with Gasteiger partial charge in [-0.15, -0.1) is 0 Å². The standard InChI is InChI=1S/C16H13ClN2O2/c17-11-5-7-12(8-6-11)21-19-15-9-10-16(20)18-14-4-2-1-3-13(14)15/h1-8H,9-10H2,(H,18,20)/b19-15+. The molecule has 1 heterocycles. The Balaban J connectivity index is 1.88. The minimum absolute atomic E-state index is 0.0147. The van der Waals surface area contributed by atoms with Gasteiger partial charge in [0.2, 0.25) is 5.91 Å². The van der Waals surface area contributed by atoms with Gasteiger partial charge in [0.25, 0.3) is 0 Å². The molecule has 1 aliphatic rings. The Morgan fingerprint density at radius 3 is 2.62 bits per heavy atom. The summed E-state index contributed by atoms with van der Waals surface area (Å²) in [5.41, 5.74) is 2.40. The van der Waals surface area contributed by atoms with Crippen LogP contribution in [0.15, 0.2) is 53.7 Å². The second kappa shape index (κ2) is 5.97. The van der Waals surface area contributed by atoms with Crippen LogP contribution >= 0.6 is 11.6 Å². The normalized spacial score (nSPS) is 16.0. The molecule has 4 nitrogen and oxygen atoms in total. The van der Waals surface area contributed by atoms with Gasteiger partial charge >= 0.3 is 0 Å². The van der Waals surface area contributed by atoms with Gasteiger partial charge in [0.15, 0.2) is 5.75 Å². The predicted molar refractivity (Wildman–Crippen MR) is 82.9 cm³/mol. The number of rotatable bonds is 2. The number of hydrogen-bond acceptors (Lipinski definition) is 3. The molecule has 1 amide bonds. The number of benzene rings is 2. The van der Waals surface area contributed by atoms with Crippen molar-refractivity contribution in [2.75, 3.05) is 5.32 Å². The predicted octanol–water partition coefficient (Wildman–Crippen LogP) is 3.86. The molecule has 21 heavy (non-hydrogen) atoms. The van der Waals surface area contributed by atoms with Crippen molar-refractivity contribution in [3.05, 3.63) is 59.1 Å². The van der Waals surface area contributed by atoms with Crippen LogP contribution in [0.5, 0.6) is 5.75 Å². The van der Waals surface area contributed by atoms with Gasteiger partial charge in [-0.2, -0.15) is 0 Å². The van der Waals surface area contributed by atoms with Crippen LogP contribution < -0.4 is 10.2 Å². The molecule has 0 aromatic heterocycles. The van der Waals surface area contributed by atoms with Crippen molar-refractivity contribution >= 4 is 28.9 Å². The van der Waals surface area contributed by atoms with E-state index in [9.17, 15) is 4.79 Å². The largest absolute Gasteiger partial charge is 0.357 e. The molecule has 0 radical (unpaired) electrons. The summed E-state index contributed by atoms with van der Waals surface area (Å²) in [5, 5.41) is 7.71. The van der Waals surface area contributed by atoms with Gasteiger partial charge in [-0.1, -0.05) is 35.0 Å². The zero-order valence-corrected chi connectivity index (χ0v) is 11.9. The van der Waals surface area contributed by atoms with Crippen LogP contribution in [0.4, 0.5) is 5.69 Å². The number of anilines is 1. The number of fused-ring (bicyclic) bond motifs is 1. The lowest BCUT2D eigenvalue weighted by Gasteiger charge is -2.07. The number of nitrogens with zero attached hydrogens (tertiary/aromatic N) is 1. The number of carbonyl (C=O) groups is 1. The Labute approximate surface area is 127 Å². The summed E-state index contributed by atoms with van der Waals surface area (Å²) < 4.78 is 0. The second-order valence-corrected chi connectivity index (χ2v) is 5.11. The fourth-order valence-electron chi connectivity index (χ4n) is 2.12. The molecule has 0 spiro atoms. The highest BCUT2D eigenvalue weighted by Crippen LogP contribution is 2.23. The van der Waals surface area contributed by atoms with Crippen LogP contribution in [-0.4, -0.2) is 11.6 Å². The zero-order chi connectivity index (χ0) is 14.7. The van der Waals surface area contributed by atoms with E-state index >= 15 is 0 Å². The van der Waals surface area contributed by atoms with E-state index in [0.717, 1.165) is 17.0 Å². The van der Waals surface area contributed by atoms with Crippen LogP contribution in [0.2, 0.25) is 5.02 Å². The molecule has 3 rings (SSSR count). The minimum Gasteiger partial charge on any atom is -0.357 e. The van der Waals surface area contributed by atoms with Crippen molar-refractivity contribution in [2.45, 2.75) is 12.8 Å². The van der Waals surface area contributed by atoms with Crippen LogP contribution in [0.25, 0.3) is 0 Å². The fraction of sp³-hybridized carbons (Fsp3) is 0.125. The summed E-state index contributed by atoms with van der Waals surface area (Å²) >= 11 is 5.83. The van der Waals surface area contributed by atoms with Crippen LogP contribution in [0.3, 0.4) is 0 Å². The molecular formula is C16H13ClN2O2. The maximum Gasteiger partial charge on any atom is 0.224 e. The summed E-state index contributed by atoms with van der Waals surface area (Å²) in [6.07, 6.45) is 0.925. The third-order valence-electron chi connectivity index (χ3n) is 3.18. The monoisotopic (exact) mass is 300 g/mol. The Kier molecular flexibility index (Phi) is 3.88. The first-order valence-electron chi connectivity index (χ1n) is 6.61. The van der Waals surface area contributed by atoms with Crippen molar-refractivity contribution in [1.29, 1.82) is 0 Å². The zero-order valence-electron chi connectivity index (χ0n) is 11.2. The third-order valence-corrected chi connectivity index (χ3v) is 3.43. The Bertz CT molecular complexity index is 696. The Morgan fingerprint density at radius 2 is 1.81 bits per heavy atom. The molecule has 5 heteroatoms. The molecule has 0 fully saturated rings. The van der Waals surface area contributed by atoms with Crippen molar-refractivity contribution in [2.24, 2.45) is 5.16 Å². The molecule has 2 aromatic rings. The highest BCUT2D eigenvalue weighted by atomic mass is 35.5. The summed E-state index contributed by atoms with van der Waals surface area (Å²) in [5.74, 6) is 0.590. The molecule has 1 N–H and O–H groups in total. The smallest absolute Gasteiger partial charge is 0.224 e. The minimum atomic E-state index is -0.0147. The van der Waals surface area contributed by atoms with E-state index in [1.54, 1.807) is 24.3 Å². The van der Waals surface area contributed by atoms with Crippen LogP contribution in [0.1, 0.15) is 18.4 Å². The summed E-state index contributed by atoms with van der Waals surface area (Å²) in [7, 11) is 0. The van der Waals surface area contributed by atoms with E-state index in [1.165, 1.54) is 0 Å². The lowest BCUT2D eigenvalue weighted by atomic mass is 10.1. The maximum atomic E-state index is 11.7. The molecule has 2 aromatic carbocycles. The molecular weight excluding hydrogens is 288 g/mol. The SMILES string of the molecule is O=C1CC/C(=N\Oc2ccc(Cl)cc2)c2ccccc2N1. The highest BCUT2D eigenvalue weighted by molar-refractivity contribution is 6.30. The number of hydrogen-bond donors (Lipinski definition) is 1. The number of para-hydroxylation sites is 1. The number of nitrogens with one attached hydrogen (secondary N) is 1. The van der Waals surface area contributed by atoms with Crippen LogP contribution in [0, 0.1) is 0 Å². The summed E-state index contributed by atoms with van der Waals surface area (Å²) in [6.45, 7) is 0. The molecule has 0 atom stereocenters. The summed E-state index contributed by atoms with van der Waals surface area (Å²) in [4.78, 5) is 17.1. The van der Waals surface area contributed by atoms with Crippen molar-refractivity contribution in [1.82, 2.24) is 0 Å². The Morgan fingerprint density at radius 1 is 1.05 bits per heavy atom. The Hall–Kier alpha value is -2.33. The fourth-order valence-corrected chi connectivity index (χ4v) is 2.25. The number of carbonyl (C=O) groups excluding carboxylic acids is 1. The highest BCUT2D eigenvalue weighted by Gasteiger charge is 2.18. The maximum absolute atomic E-state index is 11.7. The topological polar surface area (TPSA) is 50.7 Å². The van der Waals surface area contributed by atoms with Gasteiger partial charge in [0.05, 0.1) is 5.71 Å². The van der Waals surface area contributed by atoms with Gasteiger partial charge in [-0.05, 0) is 30.3 Å². The molecule has 0 aliphatic carbocycles. The number of halogens is 1. The first-order chi connectivity index (χ1) is 10.2. The van der Waals surface area contributed by atoms with Gasteiger partial charge in [0.1, 0.15) is 0 Å². The van der Waals surface area contributed by atoms with E-state index in [1.807, 2.05) is 24.3 Å². The van der Waals surface area contributed by atoms with Crippen molar-refractivity contribution < 1.29 is 9.63 Å². The molecule has 1 aliphatic heterocycles. The van der Waals surface area contributed by atoms with E-state index < -0.39 is 0 Å². The van der Waals surface area contributed by atoms with Gasteiger partial charge in [-0.3, -0.25) is 4.79 Å². The van der Waals surface area contributed by atoms with E-state index in [-0.39, 0.29) is 5.91 Å². The first kappa shape index (κ1) is 13.6. The average Bonchev–Trinajstić information content (AvgIpc) is 2.65. The first-order valence-corrected chi connectivity index (χ1v) is 6.99. The quantitative estimate of drug-likeness (QED) is 0.856. The molecule has 0 saturated heterocycles. The lowest BCUT2D eigenvalue weighted by Crippen LogP contribution is -2.08. The van der Waals surface area contributed by atoms with E-state index in [0.29, 0.717) is 23.6 Å². The average molecular weight is 301 g/mol. The van der Waals surface area contributed by atoms with E-state index in [2.05, 4.69) is 10.5 Å². The molecule has 0 saturated carbocycles. The van der Waals surface area contributed by atoms with Crippen LogP contribution in [-0.2, 0) is 4.79 Å².